The molecule has 0 aliphatic heterocycles. The molecule has 3 aromatic rings. The van der Waals surface area contributed by atoms with Crippen molar-refractivity contribution in [3.05, 3.63) is 65.3 Å². The van der Waals surface area contributed by atoms with Crippen molar-refractivity contribution in [2.75, 3.05) is 0 Å². The second kappa shape index (κ2) is 5.64. The molecular formula is C18H16ClN. The Labute approximate surface area is 124 Å². The lowest BCUT2D eigenvalue weighted by Gasteiger charge is -2.10. The van der Waals surface area contributed by atoms with Crippen molar-refractivity contribution in [3.8, 4) is 11.1 Å². The highest BCUT2D eigenvalue weighted by Gasteiger charge is 2.07. The number of aromatic nitrogens is 1. The van der Waals surface area contributed by atoms with E-state index in [1.165, 1.54) is 10.9 Å². The van der Waals surface area contributed by atoms with Gasteiger partial charge in [0.15, 0.2) is 0 Å². The van der Waals surface area contributed by atoms with Crippen LogP contribution in [0.4, 0.5) is 0 Å². The topological polar surface area (TPSA) is 12.9 Å². The number of benzene rings is 2. The van der Waals surface area contributed by atoms with Gasteiger partial charge < -0.3 is 0 Å². The zero-order valence-electron chi connectivity index (χ0n) is 11.4. The van der Waals surface area contributed by atoms with Gasteiger partial charge in [0.05, 0.1) is 5.52 Å². The fourth-order valence-electron chi connectivity index (χ4n) is 2.56. The fourth-order valence-corrected chi connectivity index (χ4v) is 2.75. The molecule has 0 aliphatic rings. The van der Waals surface area contributed by atoms with Crippen LogP contribution < -0.4 is 0 Å². The molecule has 1 aromatic heterocycles. The van der Waals surface area contributed by atoms with Gasteiger partial charge in [0.2, 0.25) is 0 Å². The first-order valence-corrected chi connectivity index (χ1v) is 7.29. The summed E-state index contributed by atoms with van der Waals surface area (Å²) < 4.78 is 0. The van der Waals surface area contributed by atoms with E-state index in [-0.39, 0.29) is 0 Å². The van der Waals surface area contributed by atoms with Gasteiger partial charge >= 0.3 is 0 Å². The molecule has 0 saturated carbocycles. The van der Waals surface area contributed by atoms with Crippen LogP contribution in [0.3, 0.4) is 0 Å². The Morgan fingerprint density at radius 1 is 1.05 bits per heavy atom. The number of rotatable bonds is 3. The Bertz CT molecular complexity index is 749. The van der Waals surface area contributed by atoms with E-state index in [1.54, 1.807) is 0 Å². The third-order valence-electron chi connectivity index (χ3n) is 3.44. The van der Waals surface area contributed by atoms with Gasteiger partial charge in [-0.15, -0.1) is 0 Å². The van der Waals surface area contributed by atoms with E-state index in [0.717, 1.165) is 34.5 Å². The molecule has 2 aromatic carbocycles. The quantitative estimate of drug-likeness (QED) is 0.617. The molecule has 20 heavy (non-hydrogen) atoms. The summed E-state index contributed by atoms with van der Waals surface area (Å²) in [5.74, 6) is 0. The molecule has 0 fully saturated rings. The second-order valence-corrected chi connectivity index (χ2v) is 5.42. The minimum Gasteiger partial charge on any atom is -0.256 e. The molecule has 0 radical (unpaired) electrons. The Kier molecular flexibility index (Phi) is 3.70. The molecule has 0 bridgehead atoms. The van der Waals surface area contributed by atoms with Gasteiger partial charge in [-0.1, -0.05) is 43.1 Å². The zero-order chi connectivity index (χ0) is 13.9. The maximum absolute atomic E-state index is 6.13. The molecular weight excluding hydrogens is 266 g/mol. The average molecular weight is 282 g/mol. The van der Waals surface area contributed by atoms with Crippen LogP contribution in [-0.4, -0.2) is 4.98 Å². The summed E-state index contributed by atoms with van der Waals surface area (Å²) in [6, 6.07) is 16.6. The first-order chi connectivity index (χ1) is 9.78. The van der Waals surface area contributed by atoms with Crippen LogP contribution >= 0.6 is 11.6 Å². The van der Waals surface area contributed by atoms with Crippen molar-refractivity contribution in [1.82, 2.24) is 4.98 Å². The lowest BCUT2D eigenvalue weighted by Crippen LogP contribution is -1.90. The number of hydrogen-bond acceptors (Lipinski definition) is 1. The minimum atomic E-state index is 0.757. The molecule has 0 spiro atoms. The van der Waals surface area contributed by atoms with Crippen molar-refractivity contribution in [2.24, 2.45) is 0 Å². The van der Waals surface area contributed by atoms with Crippen LogP contribution in [0.1, 0.15) is 18.9 Å². The molecule has 2 heteroatoms. The van der Waals surface area contributed by atoms with Gasteiger partial charge in [0, 0.05) is 22.2 Å². The van der Waals surface area contributed by atoms with E-state index in [4.69, 9.17) is 11.6 Å². The van der Waals surface area contributed by atoms with Crippen LogP contribution in [0.2, 0.25) is 5.02 Å². The lowest BCUT2D eigenvalue weighted by molar-refractivity contribution is 0.924. The molecule has 100 valence electrons. The van der Waals surface area contributed by atoms with Gasteiger partial charge in [-0.2, -0.15) is 0 Å². The summed E-state index contributed by atoms with van der Waals surface area (Å²) in [5, 5.41) is 1.95. The molecule has 1 nitrogen and oxygen atoms in total. The Balaban J connectivity index is 2.26. The number of halogens is 1. The SMILES string of the molecule is CCCc1cc(-c2cccc(Cl)c2)c2ncccc2c1. The van der Waals surface area contributed by atoms with E-state index >= 15 is 0 Å². The first kappa shape index (κ1) is 13.1. The first-order valence-electron chi connectivity index (χ1n) is 6.91. The predicted molar refractivity (Wildman–Crippen MR) is 86.2 cm³/mol. The third kappa shape index (κ3) is 2.54. The molecule has 0 atom stereocenters. The molecule has 1 heterocycles. The van der Waals surface area contributed by atoms with Crippen molar-refractivity contribution in [1.29, 1.82) is 0 Å². The van der Waals surface area contributed by atoms with E-state index in [0.29, 0.717) is 0 Å². The summed E-state index contributed by atoms with van der Waals surface area (Å²) in [4.78, 5) is 4.55. The van der Waals surface area contributed by atoms with Crippen LogP contribution in [0.5, 0.6) is 0 Å². The number of hydrogen-bond donors (Lipinski definition) is 0. The van der Waals surface area contributed by atoms with Gasteiger partial charge in [0.1, 0.15) is 0 Å². The van der Waals surface area contributed by atoms with Crippen molar-refractivity contribution in [3.63, 3.8) is 0 Å². The molecule has 0 saturated heterocycles. The highest BCUT2D eigenvalue weighted by molar-refractivity contribution is 6.30. The Hall–Kier alpha value is -1.86. The molecule has 3 rings (SSSR count). The molecule has 0 N–H and O–H groups in total. The summed E-state index contributed by atoms with van der Waals surface area (Å²) in [5.41, 5.74) is 4.67. The van der Waals surface area contributed by atoms with E-state index in [1.807, 2.05) is 30.5 Å². The number of pyridine rings is 1. The number of nitrogens with zero attached hydrogens (tertiary/aromatic N) is 1. The van der Waals surface area contributed by atoms with Gasteiger partial charge in [0.25, 0.3) is 0 Å². The third-order valence-corrected chi connectivity index (χ3v) is 3.67. The molecule has 0 aliphatic carbocycles. The zero-order valence-corrected chi connectivity index (χ0v) is 12.2. The van der Waals surface area contributed by atoms with E-state index < -0.39 is 0 Å². The van der Waals surface area contributed by atoms with Crippen LogP contribution in [0.15, 0.2) is 54.7 Å². The van der Waals surface area contributed by atoms with Crippen LogP contribution in [0.25, 0.3) is 22.0 Å². The maximum atomic E-state index is 6.13. The van der Waals surface area contributed by atoms with Crippen molar-refractivity contribution >= 4 is 22.5 Å². The Morgan fingerprint density at radius 3 is 2.75 bits per heavy atom. The van der Waals surface area contributed by atoms with Crippen molar-refractivity contribution in [2.45, 2.75) is 19.8 Å². The smallest absolute Gasteiger partial charge is 0.0780 e. The highest BCUT2D eigenvalue weighted by Crippen LogP contribution is 2.30. The summed E-state index contributed by atoms with van der Waals surface area (Å²) >= 11 is 6.13. The van der Waals surface area contributed by atoms with Gasteiger partial charge in [-0.3, -0.25) is 4.98 Å². The average Bonchev–Trinajstić information content (AvgIpc) is 2.47. The number of aryl methyl sites for hydroxylation is 1. The summed E-state index contributed by atoms with van der Waals surface area (Å²) in [7, 11) is 0. The maximum Gasteiger partial charge on any atom is 0.0780 e. The number of fused-ring (bicyclic) bond motifs is 1. The van der Waals surface area contributed by atoms with Gasteiger partial charge in [-0.05, 0) is 47.9 Å². The molecule has 0 amide bonds. The second-order valence-electron chi connectivity index (χ2n) is 4.98. The van der Waals surface area contributed by atoms with Crippen LogP contribution in [-0.2, 0) is 6.42 Å². The normalized spacial score (nSPS) is 10.9. The predicted octanol–water partition coefficient (Wildman–Crippen LogP) is 5.51. The fraction of sp³-hybridized carbons (Fsp3) is 0.167. The highest BCUT2D eigenvalue weighted by atomic mass is 35.5. The van der Waals surface area contributed by atoms with Crippen molar-refractivity contribution < 1.29 is 0 Å². The largest absolute Gasteiger partial charge is 0.256 e. The van der Waals surface area contributed by atoms with E-state index in [2.05, 4.69) is 36.2 Å². The standard InChI is InChI=1S/C18H16ClN/c1-2-5-13-10-15-7-4-9-20-18(15)17(11-13)14-6-3-8-16(19)12-14/h3-4,6-12H,2,5H2,1H3. The molecule has 0 unspecified atom stereocenters. The lowest BCUT2D eigenvalue weighted by atomic mass is 9.97. The van der Waals surface area contributed by atoms with Crippen LogP contribution in [0, 0.1) is 0 Å². The Morgan fingerprint density at radius 2 is 1.95 bits per heavy atom. The minimum absolute atomic E-state index is 0.757. The van der Waals surface area contributed by atoms with E-state index in [9.17, 15) is 0 Å². The summed E-state index contributed by atoms with van der Waals surface area (Å²) in [6.45, 7) is 2.20. The summed E-state index contributed by atoms with van der Waals surface area (Å²) in [6.07, 6.45) is 4.06. The monoisotopic (exact) mass is 281 g/mol. The van der Waals surface area contributed by atoms with Gasteiger partial charge in [-0.25, -0.2) is 0 Å².